The molecule has 0 amide bonds. The minimum absolute atomic E-state index is 0.345. The Labute approximate surface area is 103 Å². The Morgan fingerprint density at radius 2 is 2.35 bits per heavy atom. The van der Waals surface area contributed by atoms with Gasteiger partial charge in [0.05, 0.1) is 11.8 Å². The molecule has 17 heavy (non-hydrogen) atoms. The quantitative estimate of drug-likeness (QED) is 0.860. The molecule has 1 aliphatic heterocycles. The van der Waals surface area contributed by atoms with E-state index in [1.807, 2.05) is 18.2 Å². The molecule has 4 heteroatoms. The van der Waals surface area contributed by atoms with Crippen LogP contribution in [-0.2, 0) is 11.3 Å². The van der Waals surface area contributed by atoms with Gasteiger partial charge >= 0.3 is 0 Å². The number of aromatic nitrogens is 1. The third-order valence-corrected chi connectivity index (χ3v) is 3.14. The summed E-state index contributed by atoms with van der Waals surface area (Å²) in [6.45, 7) is 2.29. The Balaban J connectivity index is 1.95. The van der Waals surface area contributed by atoms with E-state index in [4.69, 9.17) is 10.5 Å². The summed E-state index contributed by atoms with van der Waals surface area (Å²) in [5, 5.41) is 0. The monoisotopic (exact) mass is 235 g/mol. The number of ether oxygens (including phenoxy) is 1. The SMILES string of the molecule is CN(CC1CCCCO1)c1cccc(CN)n1. The number of likely N-dealkylation sites (N-methyl/N-ethyl adjacent to an activating group) is 1. The number of hydrogen-bond donors (Lipinski definition) is 1. The Hall–Kier alpha value is -1.13. The summed E-state index contributed by atoms with van der Waals surface area (Å²) < 4.78 is 5.73. The van der Waals surface area contributed by atoms with Crippen molar-refractivity contribution < 1.29 is 4.74 Å². The summed E-state index contributed by atoms with van der Waals surface area (Å²) in [5.74, 6) is 0.974. The van der Waals surface area contributed by atoms with Gasteiger partial charge in [0, 0.05) is 26.7 Å². The van der Waals surface area contributed by atoms with Gasteiger partial charge in [0.2, 0.25) is 0 Å². The van der Waals surface area contributed by atoms with E-state index < -0.39 is 0 Å². The van der Waals surface area contributed by atoms with Crippen LogP contribution in [0.5, 0.6) is 0 Å². The van der Waals surface area contributed by atoms with Gasteiger partial charge < -0.3 is 15.4 Å². The third kappa shape index (κ3) is 3.41. The molecule has 0 bridgehead atoms. The third-order valence-electron chi connectivity index (χ3n) is 3.14. The van der Waals surface area contributed by atoms with E-state index in [0.717, 1.165) is 31.1 Å². The zero-order valence-electron chi connectivity index (χ0n) is 10.4. The number of nitrogens with zero attached hydrogens (tertiary/aromatic N) is 2. The summed E-state index contributed by atoms with van der Waals surface area (Å²) in [6, 6.07) is 5.97. The van der Waals surface area contributed by atoms with E-state index in [9.17, 15) is 0 Å². The van der Waals surface area contributed by atoms with Crippen LogP contribution in [0.4, 0.5) is 5.82 Å². The van der Waals surface area contributed by atoms with E-state index in [1.54, 1.807) is 0 Å². The smallest absolute Gasteiger partial charge is 0.128 e. The highest BCUT2D eigenvalue weighted by molar-refractivity contribution is 5.38. The van der Waals surface area contributed by atoms with Crippen LogP contribution in [0.3, 0.4) is 0 Å². The van der Waals surface area contributed by atoms with Crippen molar-refractivity contribution in [3.63, 3.8) is 0 Å². The van der Waals surface area contributed by atoms with E-state index in [0.29, 0.717) is 12.6 Å². The van der Waals surface area contributed by atoms with Crippen molar-refractivity contribution in [2.75, 3.05) is 25.1 Å². The molecule has 1 unspecified atom stereocenters. The lowest BCUT2D eigenvalue weighted by atomic mass is 10.1. The Morgan fingerprint density at radius 1 is 1.47 bits per heavy atom. The molecule has 4 nitrogen and oxygen atoms in total. The second kappa shape index (κ2) is 5.98. The van der Waals surface area contributed by atoms with E-state index in [-0.39, 0.29) is 0 Å². The van der Waals surface area contributed by atoms with Crippen molar-refractivity contribution in [2.45, 2.75) is 31.9 Å². The first-order valence-electron chi connectivity index (χ1n) is 6.28. The first-order chi connectivity index (χ1) is 8.29. The summed E-state index contributed by atoms with van der Waals surface area (Å²) in [5.41, 5.74) is 6.53. The molecule has 2 rings (SSSR count). The van der Waals surface area contributed by atoms with Gasteiger partial charge in [0.1, 0.15) is 5.82 Å². The Bertz CT molecular complexity index is 350. The first-order valence-corrected chi connectivity index (χ1v) is 6.28. The van der Waals surface area contributed by atoms with Gasteiger partial charge in [0.25, 0.3) is 0 Å². The molecule has 1 aromatic rings. The maximum atomic E-state index is 5.73. The topological polar surface area (TPSA) is 51.4 Å². The number of rotatable bonds is 4. The molecular formula is C13H21N3O. The van der Waals surface area contributed by atoms with Gasteiger partial charge in [-0.05, 0) is 31.4 Å². The number of anilines is 1. The van der Waals surface area contributed by atoms with Crippen molar-refractivity contribution in [1.82, 2.24) is 4.98 Å². The molecular weight excluding hydrogens is 214 g/mol. The Morgan fingerprint density at radius 3 is 3.06 bits per heavy atom. The maximum absolute atomic E-state index is 5.73. The zero-order valence-corrected chi connectivity index (χ0v) is 10.4. The average Bonchev–Trinajstić information content (AvgIpc) is 2.40. The molecule has 0 saturated carbocycles. The highest BCUT2D eigenvalue weighted by Gasteiger charge is 2.16. The lowest BCUT2D eigenvalue weighted by molar-refractivity contribution is 0.0215. The zero-order chi connectivity index (χ0) is 12.1. The molecule has 0 aromatic carbocycles. The van der Waals surface area contributed by atoms with E-state index in [1.165, 1.54) is 12.8 Å². The van der Waals surface area contributed by atoms with Crippen LogP contribution in [0.25, 0.3) is 0 Å². The van der Waals surface area contributed by atoms with Crippen LogP contribution in [0.1, 0.15) is 25.0 Å². The fourth-order valence-corrected chi connectivity index (χ4v) is 2.14. The van der Waals surface area contributed by atoms with Crippen LogP contribution in [0.2, 0.25) is 0 Å². The van der Waals surface area contributed by atoms with Crippen LogP contribution < -0.4 is 10.6 Å². The summed E-state index contributed by atoms with van der Waals surface area (Å²) >= 11 is 0. The molecule has 2 heterocycles. The van der Waals surface area contributed by atoms with Crippen molar-refractivity contribution >= 4 is 5.82 Å². The standard InChI is InChI=1S/C13H21N3O/c1-16(10-12-6-2-3-8-17-12)13-7-4-5-11(9-14)15-13/h4-5,7,12H,2-3,6,8-10,14H2,1H3. The summed E-state index contributed by atoms with van der Waals surface area (Å²) in [4.78, 5) is 6.65. The molecule has 1 aliphatic rings. The highest BCUT2D eigenvalue weighted by Crippen LogP contribution is 2.16. The minimum Gasteiger partial charge on any atom is -0.376 e. The van der Waals surface area contributed by atoms with Crippen molar-refractivity contribution in [2.24, 2.45) is 5.73 Å². The summed E-state index contributed by atoms with van der Waals surface area (Å²) in [6.07, 6.45) is 3.97. The molecule has 1 saturated heterocycles. The van der Waals surface area contributed by atoms with Crippen molar-refractivity contribution in [3.8, 4) is 0 Å². The predicted octanol–water partition coefficient (Wildman–Crippen LogP) is 1.55. The Kier molecular flexibility index (Phi) is 4.34. The largest absolute Gasteiger partial charge is 0.376 e. The van der Waals surface area contributed by atoms with Crippen LogP contribution >= 0.6 is 0 Å². The molecule has 2 N–H and O–H groups in total. The van der Waals surface area contributed by atoms with Crippen LogP contribution in [-0.4, -0.2) is 31.3 Å². The van der Waals surface area contributed by atoms with Crippen LogP contribution in [0.15, 0.2) is 18.2 Å². The van der Waals surface area contributed by atoms with E-state index >= 15 is 0 Å². The van der Waals surface area contributed by atoms with E-state index in [2.05, 4.69) is 16.9 Å². The first kappa shape index (κ1) is 12.3. The van der Waals surface area contributed by atoms with Crippen molar-refractivity contribution in [1.29, 1.82) is 0 Å². The molecule has 0 aliphatic carbocycles. The summed E-state index contributed by atoms with van der Waals surface area (Å²) in [7, 11) is 2.06. The highest BCUT2D eigenvalue weighted by atomic mass is 16.5. The second-order valence-electron chi connectivity index (χ2n) is 4.56. The predicted molar refractivity (Wildman–Crippen MR) is 69.0 cm³/mol. The fraction of sp³-hybridized carbons (Fsp3) is 0.615. The molecule has 94 valence electrons. The number of nitrogens with two attached hydrogens (primary N) is 1. The lowest BCUT2D eigenvalue weighted by Crippen LogP contribution is -2.33. The second-order valence-corrected chi connectivity index (χ2v) is 4.56. The van der Waals surface area contributed by atoms with Gasteiger partial charge in [-0.15, -0.1) is 0 Å². The molecule has 0 spiro atoms. The van der Waals surface area contributed by atoms with Gasteiger partial charge in [-0.1, -0.05) is 6.07 Å². The maximum Gasteiger partial charge on any atom is 0.128 e. The number of pyridine rings is 1. The van der Waals surface area contributed by atoms with Crippen molar-refractivity contribution in [3.05, 3.63) is 23.9 Å². The van der Waals surface area contributed by atoms with Crippen LogP contribution in [0, 0.1) is 0 Å². The van der Waals surface area contributed by atoms with Gasteiger partial charge in [-0.2, -0.15) is 0 Å². The van der Waals surface area contributed by atoms with Gasteiger partial charge in [-0.25, -0.2) is 4.98 Å². The van der Waals surface area contributed by atoms with Gasteiger partial charge in [-0.3, -0.25) is 0 Å². The average molecular weight is 235 g/mol. The fourth-order valence-electron chi connectivity index (χ4n) is 2.14. The minimum atomic E-state index is 0.345. The molecule has 0 radical (unpaired) electrons. The number of hydrogen-bond acceptors (Lipinski definition) is 4. The normalized spacial score (nSPS) is 20.2. The molecule has 1 aromatic heterocycles. The molecule has 1 fully saturated rings. The lowest BCUT2D eigenvalue weighted by Gasteiger charge is -2.28. The van der Waals surface area contributed by atoms with Gasteiger partial charge in [0.15, 0.2) is 0 Å². The molecule has 1 atom stereocenters.